The van der Waals surface area contributed by atoms with E-state index in [4.69, 9.17) is 9.73 Å². The number of hydrogen-bond acceptors (Lipinski definition) is 6. The molecule has 0 saturated carbocycles. The Kier molecular flexibility index (Phi) is 5.54. The molecule has 1 aromatic carbocycles. The predicted octanol–water partition coefficient (Wildman–Crippen LogP) is 3.41. The third kappa shape index (κ3) is 3.87. The van der Waals surface area contributed by atoms with Crippen molar-refractivity contribution in [1.82, 2.24) is 15.5 Å². The summed E-state index contributed by atoms with van der Waals surface area (Å²) in [5.41, 5.74) is 2.32. The van der Waals surface area contributed by atoms with E-state index in [-0.39, 0.29) is 10.8 Å². The van der Waals surface area contributed by atoms with E-state index < -0.39 is 0 Å². The van der Waals surface area contributed by atoms with Crippen LogP contribution in [0.1, 0.15) is 12.5 Å². The standard InChI is InChI=1S/C24H28N4OS/c1-18-12-24-13-22(27-14-20(24)8-5-9-26-23(24)30-18)28-11-10-25-21(15-28)17-29-16-19-6-3-2-4-7-19/h2-9,12-14,21,23,25-26H,10-11,15-17H2,1H3. The minimum absolute atomic E-state index is 0.139. The van der Waals surface area contributed by atoms with Gasteiger partial charge in [0.1, 0.15) is 5.82 Å². The minimum Gasteiger partial charge on any atom is -0.378 e. The van der Waals surface area contributed by atoms with Crippen molar-refractivity contribution in [2.24, 2.45) is 10.4 Å². The average Bonchev–Trinajstić information content (AvgIpc) is 2.97. The summed E-state index contributed by atoms with van der Waals surface area (Å²) in [5, 5.41) is 7.43. The fourth-order valence-electron chi connectivity index (χ4n) is 4.53. The first-order valence-electron chi connectivity index (χ1n) is 10.6. The maximum absolute atomic E-state index is 5.99. The van der Waals surface area contributed by atoms with Crippen LogP contribution in [0.25, 0.3) is 0 Å². The van der Waals surface area contributed by atoms with Gasteiger partial charge in [0.05, 0.1) is 24.0 Å². The molecule has 4 heterocycles. The van der Waals surface area contributed by atoms with Crippen LogP contribution in [0.5, 0.6) is 0 Å². The zero-order chi connectivity index (χ0) is 20.4. The Hall–Kier alpha value is -2.28. The van der Waals surface area contributed by atoms with E-state index >= 15 is 0 Å². The lowest BCUT2D eigenvalue weighted by Crippen LogP contribution is -2.52. The third-order valence-electron chi connectivity index (χ3n) is 6.01. The van der Waals surface area contributed by atoms with Crippen molar-refractivity contribution < 1.29 is 4.74 Å². The molecule has 6 heteroatoms. The minimum atomic E-state index is -0.139. The van der Waals surface area contributed by atoms with Crippen molar-refractivity contribution in [3.8, 4) is 0 Å². The summed E-state index contributed by atoms with van der Waals surface area (Å²) in [4.78, 5) is 8.60. The Balaban J connectivity index is 1.28. The molecular weight excluding hydrogens is 392 g/mol. The maximum atomic E-state index is 5.99. The summed E-state index contributed by atoms with van der Waals surface area (Å²) in [6.45, 7) is 6.34. The molecule has 3 unspecified atom stereocenters. The number of rotatable bonds is 5. The van der Waals surface area contributed by atoms with Crippen molar-refractivity contribution in [1.29, 1.82) is 0 Å². The number of hydrogen-bond donors (Lipinski definition) is 2. The number of benzene rings is 1. The lowest BCUT2D eigenvalue weighted by molar-refractivity contribution is 0.0784. The van der Waals surface area contributed by atoms with Gasteiger partial charge in [-0.15, -0.1) is 11.8 Å². The van der Waals surface area contributed by atoms with Gasteiger partial charge in [0.25, 0.3) is 0 Å². The molecule has 1 fully saturated rings. The molecule has 2 N–H and O–H groups in total. The van der Waals surface area contributed by atoms with Crippen molar-refractivity contribution >= 4 is 18.0 Å². The topological polar surface area (TPSA) is 48.9 Å². The van der Waals surface area contributed by atoms with Crippen LogP contribution < -0.4 is 10.6 Å². The van der Waals surface area contributed by atoms with Gasteiger partial charge in [-0.2, -0.15) is 0 Å². The number of piperazine rings is 1. The van der Waals surface area contributed by atoms with Crippen molar-refractivity contribution in [2.45, 2.75) is 24.9 Å². The first kappa shape index (κ1) is 19.7. The Bertz CT molecular complexity index is 936. The number of ether oxygens (including phenoxy) is 1. The molecular formula is C24H28N4OS. The molecule has 1 saturated heterocycles. The molecule has 0 amide bonds. The van der Waals surface area contributed by atoms with E-state index in [1.165, 1.54) is 16.0 Å². The highest BCUT2D eigenvalue weighted by Gasteiger charge is 2.45. The largest absolute Gasteiger partial charge is 0.378 e. The molecule has 3 atom stereocenters. The molecule has 4 aliphatic heterocycles. The summed E-state index contributed by atoms with van der Waals surface area (Å²) in [6, 6.07) is 10.6. The molecule has 1 spiro atoms. The summed E-state index contributed by atoms with van der Waals surface area (Å²) in [7, 11) is 0. The van der Waals surface area contributed by atoms with E-state index in [2.05, 4.69) is 77.2 Å². The summed E-state index contributed by atoms with van der Waals surface area (Å²) in [5.74, 6) is 1.07. The van der Waals surface area contributed by atoms with Crippen molar-refractivity contribution in [3.63, 3.8) is 0 Å². The SMILES string of the molecule is CC1=CC23C=C(N4CCNC(COCc5ccccc5)C4)N=CC2=CC=CNC3S1. The normalized spacial score (nSPS) is 29.9. The fraction of sp³-hybridized carbons (Fsp3) is 0.375. The Morgan fingerprint density at radius 3 is 3.07 bits per heavy atom. The van der Waals surface area contributed by atoms with Crippen LogP contribution in [-0.2, 0) is 11.3 Å². The zero-order valence-corrected chi connectivity index (χ0v) is 18.1. The van der Waals surface area contributed by atoms with Crippen LogP contribution in [0.4, 0.5) is 0 Å². The molecule has 156 valence electrons. The van der Waals surface area contributed by atoms with Crippen molar-refractivity contribution in [3.05, 3.63) is 82.7 Å². The van der Waals surface area contributed by atoms with Gasteiger partial charge in [-0.3, -0.25) is 0 Å². The quantitative estimate of drug-likeness (QED) is 0.765. The van der Waals surface area contributed by atoms with Gasteiger partial charge >= 0.3 is 0 Å². The van der Waals surface area contributed by atoms with E-state index in [1.54, 1.807) is 0 Å². The second-order valence-electron chi connectivity index (χ2n) is 8.19. The number of aliphatic imine (C=N–C) groups is 1. The monoisotopic (exact) mass is 420 g/mol. The number of nitrogens with one attached hydrogen (secondary N) is 2. The summed E-state index contributed by atoms with van der Waals surface area (Å²) < 4.78 is 5.99. The van der Waals surface area contributed by atoms with Gasteiger partial charge in [-0.25, -0.2) is 4.99 Å². The highest BCUT2D eigenvalue weighted by Crippen LogP contribution is 2.51. The molecule has 30 heavy (non-hydrogen) atoms. The van der Waals surface area contributed by atoms with Crippen LogP contribution in [0.15, 0.2) is 82.1 Å². The maximum Gasteiger partial charge on any atom is 0.125 e. The highest BCUT2D eigenvalue weighted by atomic mass is 32.2. The molecule has 1 aromatic rings. The predicted molar refractivity (Wildman–Crippen MR) is 124 cm³/mol. The summed E-state index contributed by atoms with van der Waals surface area (Å²) in [6.07, 6.45) is 13.1. The highest BCUT2D eigenvalue weighted by molar-refractivity contribution is 8.03. The molecule has 4 aliphatic rings. The Labute approximate surface area is 182 Å². The van der Waals surface area contributed by atoms with Crippen molar-refractivity contribution in [2.75, 3.05) is 26.2 Å². The molecule has 5 rings (SSSR count). The van der Waals surface area contributed by atoms with Gasteiger partial charge in [0.2, 0.25) is 0 Å². The molecule has 0 aromatic heterocycles. The number of nitrogens with zero attached hydrogens (tertiary/aromatic N) is 2. The van der Waals surface area contributed by atoms with E-state index in [9.17, 15) is 0 Å². The fourth-order valence-corrected chi connectivity index (χ4v) is 5.78. The molecule has 0 aliphatic carbocycles. The lowest BCUT2D eigenvalue weighted by atomic mass is 9.78. The van der Waals surface area contributed by atoms with Gasteiger partial charge < -0.3 is 20.3 Å². The molecule has 5 nitrogen and oxygen atoms in total. The smallest absolute Gasteiger partial charge is 0.125 e. The van der Waals surface area contributed by atoms with Gasteiger partial charge in [-0.05, 0) is 41.3 Å². The second kappa shape index (κ2) is 8.46. The lowest BCUT2D eigenvalue weighted by Gasteiger charge is -2.39. The summed E-state index contributed by atoms with van der Waals surface area (Å²) >= 11 is 1.90. The zero-order valence-electron chi connectivity index (χ0n) is 17.3. The first-order valence-corrected chi connectivity index (χ1v) is 11.5. The van der Waals surface area contributed by atoms with Crippen LogP contribution in [-0.4, -0.2) is 48.8 Å². The number of thioether (sulfide) groups is 1. The van der Waals surface area contributed by atoms with Gasteiger partial charge in [0, 0.05) is 31.9 Å². The van der Waals surface area contributed by atoms with E-state index in [0.29, 0.717) is 19.3 Å². The van der Waals surface area contributed by atoms with Gasteiger partial charge in [-0.1, -0.05) is 42.5 Å². The van der Waals surface area contributed by atoms with Crippen LogP contribution in [0, 0.1) is 5.41 Å². The molecule has 0 radical (unpaired) electrons. The third-order valence-corrected chi connectivity index (χ3v) is 7.26. The van der Waals surface area contributed by atoms with Crippen LogP contribution in [0.2, 0.25) is 0 Å². The van der Waals surface area contributed by atoms with Crippen LogP contribution in [0.3, 0.4) is 0 Å². The number of allylic oxidation sites excluding steroid dienone is 3. The van der Waals surface area contributed by atoms with E-state index in [1.807, 2.05) is 24.0 Å². The van der Waals surface area contributed by atoms with Gasteiger partial charge in [0.15, 0.2) is 0 Å². The molecule has 0 bridgehead atoms. The second-order valence-corrected chi connectivity index (χ2v) is 9.54. The Morgan fingerprint density at radius 2 is 2.17 bits per heavy atom. The van der Waals surface area contributed by atoms with E-state index in [0.717, 1.165) is 25.5 Å². The Morgan fingerprint density at radius 1 is 1.27 bits per heavy atom. The first-order chi connectivity index (χ1) is 14.7. The van der Waals surface area contributed by atoms with Crippen LogP contribution >= 0.6 is 11.8 Å². The average molecular weight is 421 g/mol.